The van der Waals surface area contributed by atoms with E-state index < -0.39 is 0 Å². The molecule has 3 heterocycles. The van der Waals surface area contributed by atoms with Crippen LogP contribution < -0.4 is 4.90 Å². The molecule has 0 saturated carbocycles. The molecule has 28 heavy (non-hydrogen) atoms. The van der Waals surface area contributed by atoms with Gasteiger partial charge in [0.15, 0.2) is 10.3 Å². The fourth-order valence-electron chi connectivity index (χ4n) is 2.75. The molecule has 0 amide bonds. The Balaban J connectivity index is 0.00000136. The highest BCUT2D eigenvalue weighted by Gasteiger charge is 2.18. The predicted octanol–water partition coefficient (Wildman–Crippen LogP) is 4.88. The number of halogens is 1. The van der Waals surface area contributed by atoms with Crippen LogP contribution in [0.1, 0.15) is 56.4 Å². The molecule has 1 unspecified atom stereocenters. The largest absolute Gasteiger partial charge is 0.378 e. The molecule has 0 spiro atoms. The lowest BCUT2D eigenvalue weighted by Gasteiger charge is -2.25. The third-order valence-electron chi connectivity index (χ3n) is 4.43. The molecule has 0 aromatic carbocycles. The Morgan fingerprint density at radius 2 is 2.04 bits per heavy atom. The first-order valence-electron chi connectivity index (χ1n) is 9.67. The van der Waals surface area contributed by atoms with Gasteiger partial charge in [0.05, 0.1) is 23.8 Å². The van der Waals surface area contributed by atoms with Crippen molar-refractivity contribution in [1.82, 2.24) is 14.8 Å². The first-order valence-corrected chi connectivity index (χ1v) is 10.9. The Kier molecular flexibility index (Phi) is 8.59. The summed E-state index contributed by atoms with van der Waals surface area (Å²) in [5, 5.41) is 13.6. The van der Waals surface area contributed by atoms with Crippen LogP contribution in [0.2, 0.25) is 5.15 Å². The van der Waals surface area contributed by atoms with Crippen molar-refractivity contribution in [2.24, 2.45) is 4.99 Å². The molecule has 9 heteroatoms. The number of nitrogens with one attached hydrogen (secondary N) is 1. The van der Waals surface area contributed by atoms with Crippen molar-refractivity contribution in [3.63, 3.8) is 0 Å². The van der Waals surface area contributed by atoms with Crippen LogP contribution in [-0.4, -0.2) is 53.5 Å². The van der Waals surface area contributed by atoms with Gasteiger partial charge >= 0.3 is 0 Å². The minimum absolute atomic E-state index is 0.217. The number of hydrogen-bond donors (Lipinski definition) is 1. The van der Waals surface area contributed by atoms with Gasteiger partial charge in [0.25, 0.3) is 0 Å². The van der Waals surface area contributed by atoms with Crippen molar-refractivity contribution in [1.29, 1.82) is 5.41 Å². The van der Waals surface area contributed by atoms with Gasteiger partial charge in [0.2, 0.25) is 0 Å². The zero-order valence-electron chi connectivity index (χ0n) is 17.2. The van der Waals surface area contributed by atoms with Gasteiger partial charge in [0, 0.05) is 31.6 Å². The van der Waals surface area contributed by atoms with Gasteiger partial charge in [-0.3, -0.25) is 9.67 Å². The number of hydrogen-bond acceptors (Lipinski definition) is 7. The van der Waals surface area contributed by atoms with Gasteiger partial charge in [-0.1, -0.05) is 43.7 Å². The molecule has 2 aromatic rings. The topological polar surface area (TPSA) is 79.4 Å². The Labute approximate surface area is 175 Å². The summed E-state index contributed by atoms with van der Waals surface area (Å²) in [6.07, 6.45) is 3.98. The number of morpholine rings is 1. The molecule has 0 radical (unpaired) electrons. The molecule has 154 valence electrons. The Morgan fingerprint density at radius 1 is 1.36 bits per heavy atom. The van der Waals surface area contributed by atoms with Crippen LogP contribution in [0.25, 0.3) is 0 Å². The maximum absolute atomic E-state index is 7.76. The average Bonchev–Trinajstić information content (AvgIpc) is 3.27. The number of ether oxygens (including phenoxy) is 1. The van der Waals surface area contributed by atoms with E-state index in [1.165, 1.54) is 17.6 Å². The number of nitrogens with zero attached hydrogens (tertiary/aromatic N) is 5. The van der Waals surface area contributed by atoms with Gasteiger partial charge in [0.1, 0.15) is 11.4 Å². The monoisotopic (exact) mass is 424 g/mol. The Morgan fingerprint density at radius 3 is 2.64 bits per heavy atom. The molecule has 1 fully saturated rings. The highest BCUT2D eigenvalue weighted by molar-refractivity contribution is 7.17. The fourth-order valence-corrected chi connectivity index (χ4v) is 3.93. The van der Waals surface area contributed by atoms with Crippen molar-refractivity contribution in [3.8, 4) is 0 Å². The first kappa shape index (κ1) is 22.5. The lowest BCUT2D eigenvalue weighted by Crippen LogP contribution is -2.36. The summed E-state index contributed by atoms with van der Waals surface area (Å²) >= 11 is 7.82. The van der Waals surface area contributed by atoms with Crippen LogP contribution in [0.5, 0.6) is 0 Å². The summed E-state index contributed by atoms with van der Waals surface area (Å²) in [5.74, 6) is 0. The summed E-state index contributed by atoms with van der Waals surface area (Å²) in [6.45, 7) is 13.1. The molecule has 3 rings (SSSR count). The van der Waals surface area contributed by atoms with Gasteiger partial charge in [-0.15, -0.1) is 0 Å². The second-order valence-corrected chi connectivity index (χ2v) is 7.54. The highest BCUT2D eigenvalue weighted by Crippen LogP contribution is 2.31. The van der Waals surface area contributed by atoms with Crippen molar-refractivity contribution in [3.05, 3.63) is 21.4 Å². The van der Waals surface area contributed by atoms with Crippen molar-refractivity contribution < 1.29 is 4.74 Å². The first-order chi connectivity index (χ1) is 13.5. The van der Waals surface area contributed by atoms with Gasteiger partial charge in [-0.2, -0.15) is 5.10 Å². The third-order valence-corrected chi connectivity index (χ3v) is 5.88. The Bertz CT molecular complexity index is 810. The summed E-state index contributed by atoms with van der Waals surface area (Å²) in [4.78, 5) is 12.0. The van der Waals surface area contributed by atoms with Crippen LogP contribution >= 0.6 is 22.9 Å². The summed E-state index contributed by atoms with van der Waals surface area (Å²) < 4.78 is 7.24. The highest BCUT2D eigenvalue weighted by atomic mass is 35.5. The van der Waals surface area contributed by atoms with E-state index in [4.69, 9.17) is 21.7 Å². The summed E-state index contributed by atoms with van der Waals surface area (Å²) in [5.41, 5.74) is 2.22. The second-order valence-electron chi connectivity index (χ2n) is 6.17. The number of aromatic nitrogens is 3. The number of aliphatic imine (C=N–C) groups is 1. The number of anilines is 1. The van der Waals surface area contributed by atoms with E-state index >= 15 is 0 Å². The van der Waals surface area contributed by atoms with Gasteiger partial charge < -0.3 is 15.0 Å². The SMILES string of the molecule is CC.CCC(C)n1nc(C)c(N=Cc2sc(N3CCOCC3)nc2Cl)c1C=N. The summed E-state index contributed by atoms with van der Waals surface area (Å²) in [6, 6.07) is 0.217. The van der Waals surface area contributed by atoms with E-state index in [9.17, 15) is 0 Å². The zero-order chi connectivity index (χ0) is 20.7. The molecule has 7 nitrogen and oxygen atoms in total. The number of thiazole rings is 1. The van der Waals surface area contributed by atoms with Gasteiger partial charge in [-0.05, 0) is 20.3 Å². The van der Waals surface area contributed by atoms with Crippen molar-refractivity contribution in [2.45, 2.75) is 47.1 Å². The molecular weight excluding hydrogens is 396 g/mol. The standard InChI is InChI=1S/C17H23ClN6OS.C2H6/c1-4-11(2)24-13(9-19)15(12(3)22-24)20-10-14-16(18)21-17(26-14)23-5-7-25-8-6-23;1-2/h9-11,19H,4-8H2,1-3H3;1-2H3. The smallest absolute Gasteiger partial charge is 0.187 e. The van der Waals surface area contributed by atoms with Crippen LogP contribution in [0.3, 0.4) is 0 Å². The van der Waals surface area contributed by atoms with E-state index in [0.29, 0.717) is 29.7 Å². The van der Waals surface area contributed by atoms with Crippen LogP contribution in [0.15, 0.2) is 4.99 Å². The molecule has 2 aromatic heterocycles. The minimum atomic E-state index is 0.217. The molecule has 0 bridgehead atoms. The van der Waals surface area contributed by atoms with E-state index in [1.807, 2.05) is 25.5 Å². The predicted molar refractivity (Wildman–Crippen MR) is 119 cm³/mol. The average molecular weight is 425 g/mol. The number of aryl methyl sites for hydroxylation is 1. The molecule has 1 aliphatic heterocycles. The maximum atomic E-state index is 7.76. The van der Waals surface area contributed by atoms with Crippen LogP contribution in [0.4, 0.5) is 10.8 Å². The van der Waals surface area contributed by atoms with Gasteiger partial charge in [-0.25, -0.2) is 4.98 Å². The molecule has 1 saturated heterocycles. The quantitative estimate of drug-likeness (QED) is 0.670. The second kappa shape index (κ2) is 10.7. The molecule has 1 atom stereocenters. The zero-order valence-corrected chi connectivity index (χ0v) is 18.8. The van der Waals surface area contributed by atoms with Crippen molar-refractivity contribution in [2.75, 3.05) is 31.2 Å². The Hall–Kier alpha value is -1.77. The normalized spacial score (nSPS) is 15.4. The minimum Gasteiger partial charge on any atom is -0.378 e. The molecule has 1 N–H and O–H groups in total. The lowest BCUT2D eigenvalue weighted by atomic mass is 10.2. The van der Waals surface area contributed by atoms with Crippen LogP contribution in [-0.2, 0) is 4.74 Å². The fraction of sp³-hybridized carbons (Fsp3) is 0.579. The van der Waals surface area contributed by atoms with E-state index in [2.05, 4.69) is 33.8 Å². The molecule has 1 aliphatic rings. The lowest BCUT2D eigenvalue weighted by molar-refractivity contribution is 0.122. The molecular formula is C19H29ClN6OS. The summed E-state index contributed by atoms with van der Waals surface area (Å²) in [7, 11) is 0. The van der Waals surface area contributed by atoms with Crippen molar-refractivity contribution >= 4 is 46.2 Å². The molecule has 0 aliphatic carbocycles. The maximum Gasteiger partial charge on any atom is 0.187 e. The number of rotatable bonds is 6. The van der Waals surface area contributed by atoms with E-state index in [1.54, 1.807) is 6.21 Å². The van der Waals surface area contributed by atoms with Crippen LogP contribution in [0, 0.1) is 12.3 Å². The van der Waals surface area contributed by atoms with E-state index in [-0.39, 0.29) is 6.04 Å². The third kappa shape index (κ3) is 4.98. The van der Waals surface area contributed by atoms with E-state index in [0.717, 1.165) is 35.2 Å².